The number of hydrogen-bond acceptors (Lipinski definition) is 5. The van der Waals surface area contributed by atoms with Gasteiger partial charge in [0.05, 0.1) is 26.9 Å². The summed E-state index contributed by atoms with van der Waals surface area (Å²) in [5, 5.41) is 8.25. The average molecular weight is 291 g/mol. The van der Waals surface area contributed by atoms with Gasteiger partial charge in [0.25, 0.3) is 0 Å². The van der Waals surface area contributed by atoms with Gasteiger partial charge in [0, 0.05) is 5.54 Å². The molecule has 0 aliphatic heterocycles. The lowest BCUT2D eigenvalue weighted by Gasteiger charge is -2.23. The summed E-state index contributed by atoms with van der Waals surface area (Å²) in [5.41, 5.74) is 0.666. The summed E-state index contributed by atoms with van der Waals surface area (Å²) < 4.78 is 18.2. The third-order valence-electron chi connectivity index (χ3n) is 3.22. The lowest BCUT2D eigenvalue weighted by molar-refractivity contribution is 0.324. The van der Waals surface area contributed by atoms with Crippen LogP contribution in [0, 0.1) is 0 Å². The summed E-state index contributed by atoms with van der Waals surface area (Å²) in [4.78, 5) is 0. The minimum atomic E-state index is -0.142. The fourth-order valence-electron chi connectivity index (χ4n) is 2.19. The molecule has 0 atom stereocenters. The maximum Gasteiger partial charge on any atom is 0.204 e. The molecule has 0 N–H and O–H groups in total. The predicted molar refractivity (Wildman–Crippen MR) is 80.1 cm³/mol. The zero-order chi connectivity index (χ0) is 15.6. The van der Waals surface area contributed by atoms with Crippen molar-refractivity contribution < 1.29 is 14.2 Å². The van der Waals surface area contributed by atoms with Gasteiger partial charge in [-0.05, 0) is 32.9 Å². The van der Waals surface area contributed by atoms with Crippen LogP contribution in [0.4, 0.5) is 0 Å². The van der Waals surface area contributed by atoms with E-state index < -0.39 is 0 Å². The number of hydrogen-bond donors (Lipinski definition) is 0. The molecule has 21 heavy (non-hydrogen) atoms. The van der Waals surface area contributed by atoms with E-state index in [0.717, 1.165) is 11.4 Å². The van der Waals surface area contributed by atoms with Crippen LogP contribution in [-0.2, 0) is 5.54 Å². The topological polar surface area (TPSA) is 58.4 Å². The van der Waals surface area contributed by atoms with Crippen molar-refractivity contribution in [2.75, 3.05) is 21.3 Å². The van der Waals surface area contributed by atoms with Gasteiger partial charge >= 0.3 is 0 Å². The number of methoxy groups -OCH3 is 3. The Morgan fingerprint density at radius 2 is 1.62 bits per heavy atom. The Morgan fingerprint density at radius 3 is 2.14 bits per heavy atom. The summed E-state index contributed by atoms with van der Waals surface area (Å²) in [5.74, 6) is 2.46. The highest BCUT2D eigenvalue weighted by Gasteiger charge is 2.24. The first kappa shape index (κ1) is 15.2. The van der Waals surface area contributed by atoms with Crippen molar-refractivity contribution in [2.24, 2.45) is 0 Å². The Balaban J connectivity index is 2.68. The highest BCUT2D eigenvalue weighted by atomic mass is 16.5. The van der Waals surface area contributed by atoms with E-state index in [1.165, 1.54) is 0 Å². The molecular formula is C15H21N3O3. The second-order valence-corrected chi connectivity index (χ2v) is 5.58. The number of ether oxygens (including phenoxy) is 3. The molecule has 114 valence electrons. The zero-order valence-corrected chi connectivity index (χ0v) is 13.3. The Labute approximate surface area is 124 Å². The van der Waals surface area contributed by atoms with Crippen LogP contribution in [0.2, 0.25) is 0 Å². The molecule has 2 aromatic rings. The van der Waals surface area contributed by atoms with Gasteiger partial charge < -0.3 is 18.8 Å². The summed E-state index contributed by atoms with van der Waals surface area (Å²) in [6.07, 6.45) is 1.71. The van der Waals surface area contributed by atoms with E-state index in [0.29, 0.717) is 17.2 Å². The van der Waals surface area contributed by atoms with Crippen LogP contribution in [0.5, 0.6) is 17.2 Å². The molecule has 1 aromatic carbocycles. The van der Waals surface area contributed by atoms with Crippen LogP contribution in [0.25, 0.3) is 11.4 Å². The fourth-order valence-corrected chi connectivity index (χ4v) is 2.19. The molecule has 6 nitrogen and oxygen atoms in total. The van der Waals surface area contributed by atoms with Gasteiger partial charge in [-0.15, -0.1) is 10.2 Å². The van der Waals surface area contributed by atoms with Crippen molar-refractivity contribution in [3.8, 4) is 28.6 Å². The number of nitrogens with zero attached hydrogens (tertiary/aromatic N) is 3. The lowest BCUT2D eigenvalue weighted by atomic mass is 10.1. The van der Waals surface area contributed by atoms with Crippen LogP contribution in [-0.4, -0.2) is 36.1 Å². The van der Waals surface area contributed by atoms with Gasteiger partial charge in [-0.1, -0.05) is 0 Å². The van der Waals surface area contributed by atoms with Gasteiger partial charge in [-0.2, -0.15) is 0 Å². The molecule has 0 aliphatic carbocycles. The Bertz CT molecular complexity index is 630. The highest BCUT2D eigenvalue weighted by molar-refractivity contribution is 5.72. The normalized spacial score (nSPS) is 11.3. The quantitative estimate of drug-likeness (QED) is 0.867. The molecule has 0 spiro atoms. The minimum absolute atomic E-state index is 0.142. The molecule has 0 aliphatic rings. The monoisotopic (exact) mass is 291 g/mol. The van der Waals surface area contributed by atoms with Crippen LogP contribution in [0.3, 0.4) is 0 Å². The van der Waals surface area contributed by atoms with E-state index in [9.17, 15) is 0 Å². The van der Waals surface area contributed by atoms with E-state index >= 15 is 0 Å². The molecule has 0 saturated heterocycles. The molecule has 0 fully saturated rings. The summed E-state index contributed by atoms with van der Waals surface area (Å²) in [6, 6.07) is 3.73. The average Bonchev–Trinajstić information content (AvgIpc) is 2.94. The van der Waals surface area contributed by atoms with E-state index in [1.54, 1.807) is 27.7 Å². The minimum Gasteiger partial charge on any atom is -0.493 e. The smallest absolute Gasteiger partial charge is 0.204 e. The van der Waals surface area contributed by atoms with Gasteiger partial charge in [-0.25, -0.2) is 0 Å². The molecule has 6 heteroatoms. The van der Waals surface area contributed by atoms with Crippen LogP contribution in [0.1, 0.15) is 20.8 Å². The zero-order valence-electron chi connectivity index (χ0n) is 13.3. The second kappa shape index (κ2) is 5.63. The summed E-state index contributed by atoms with van der Waals surface area (Å²) in [6.45, 7) is 6.27. The molecular weight excluding hydrogens is 270 g/mol. The van der Waals surface area contributed by atoms with Crippen molar-refractivity contribution >= 4 is 0 Å². The first-order valence-corrected chi connectivity index (χ1v) is 6.64. The van der Waals surface area contributed by atoms with Crippen molar-refractivity contribution in [1.29, 1.82) is 0 Å². The largest absolute Gasteiger partial charge is 0.493 e. The molecule has 1 aromatic heterocycles. The SMILES string of the molecule is COc1ccc(-c2nncn2C(C)(C)C)c(OC)c1OC. The Hall–Kier alpha value is -2.24. The maximum absolute atomic E-state index is 5.52. The third kappa shape index (κ3) is 2.66. The van der Waals surface area contributed by atoms with Gasteiger partial charge in [0.1, 0.15) is 6.33 Å². The Kier molecular flexibility index (Phi) is 4.06. The first-order chi connectivity index (χ1) is 9.93. The predicted octanol–water partition coefficient (Wildman–Crippen LogP) is 2.73. The van der Waals surface area contributed by atoms with E-state index in [4.69, 9.17) is 14.2 Å². The van der Waals surface area contributed by atoms with Crippen molar-refractivity contribution in [3.63, 3.8) is 0 Å². The molecule has 1 heterocycles. The summed E-state index contributed by atoms with van der Waals surface area (Å²) in [7, 11) is 4.77. The van der Waals surface area contributed by atoms with Crippen molar-refractivity contribution in [2.45, 2.75) is 26.3 Å². The third-order valence-corrected chi connectivity index (χ3v) is 3.22. The maximum atomic E-state index is 5.52. The van der Waals surface area contributed by atoms with E-state index in [1.807, 2.05) is 16.7 Å². The second-order valence-electron chi connectivity index (χ2n) is 5.58. The van der Waals surface area contributed by atoms with Crippen LogP contribution in [0.15, 0.2) is 18.5 Å². The molecule has 2 rings (SSSR count). The van der Waals surface area contributed by atoms with Crippen LogP contribution >= 0.6 is 0 Å². The van der Waals surface area contributed by atoms with Gasteiger partial charge in [0.15, 0.2) is 17.3 Å². The number of benzene rings is 1. The van der Waals surface area contributed by atoms with E-state index in [2.05, 4.69) is 31.0 Å². The molecule has 0 saturated carbocycles. The van der Waals surface area contributed by atoms with Gasteiger partial charge in [-0.3, -0.25) is 0 Å². The van der Waals surface area contributed by atoms with Gasteiger partial charge in [0.2, 0.25) is 5.75 Å². The lowest BCUT2D eigenvalue weighted by Crippen LogP contribution is -2.22. The van der Waals surface area contributed by atoms with Crippen molar-refractivity contribution in [1.82, 2.24) is 14.8 Å². The number of rotatable bonds is 4. The fraction of sp³-hybridized carbons (Fsp3) is 0.467. The number of aromatic nitrogens is 3. The molecule has 0 unspecified atom stereocenters. The summed E-state index contributed by atoms with van der Waals surface area (Å²) >= 11 is 0. The molecule has 0 bridgehead atoms. The molecule has 0 amide bonds. The highest BCUT2D eigenvalue weighted by Crippen LogP contribution is 2.44. The Morgan fingerprint density at radius 1 is 0.952 bits per heavy atom. The van der Waals surface area contributed by atoms with E-state index in [-0.39, 0.29) is 5.54 Å². The first-order valence-electron chi connectivity index (χ1n) is 6.64. The standard InChI is InChI=1S/C15H21N3O3/c1-15(2,3)18-9-16-17-14(18)10-7-8-11(19-4)13(21-6)12(10)20-5/h7-9H,1-6H3. The molecule has 0 radical (unpaired) electrons. The van der Waals surface area contributed by atoms with Crippen molar-refractivity contribution in [3.05, 3.63) is 18.5 Å². The van der Waals surface area contributed by atoms with Crippen LogP contribution < -0.4 is 14.2 Å².